The summed E-state index contributed by atoms with van der Waals surface area (Å²) in [7, 11) is -2.64. The fourth-order valence-electron chi connectivity index (χ4n) is 1.77. The highest BCUT2D eigenvalue weighted by molar-refractivity contribution is 7.90. The minimum Gasteiger partial charge on any atom is -0.467 e. The van der Waals surface area contributed by atoms with Crippen LogP contribution in [-0.2, 0) is 10.0 Å². The highest BCUT2D eigenvalue weighted by atomic mass is 32.2. The SMILES string of the molecule is COc1nc(C)nc(NC(=O)NS(=O)(=O)c2ccccc2C)n1. The number of benzene rings is 1. The summed E-state index contributed by atoms with van der Waals surface area (Å²) in [5.41, 5.74) is 0.519. The van der Waals surface area contributed by atoms with Gasteiger partial charge in [-0.15, -0.1) is 0 Å². The monoisotopic (exact) mass is 337 g/mol. The van der Waals surface area contributed by atoms with Gasteiger partial charge in [0.1, 0.15) is 5.82 Å². The maximum absolute atomic E-state index is 12.2. The van der Waals surface area contributed by atoms with Gasteiger partial charge >= 0.3 is 12.0 Å². The molecule has 0 aliphatic heterocycles. The molecular formula is C13H15N5O4S. The molecule has 0 saturated carbocycles. The van der Waals surface area contributed by atoms with Gasteiger partial charge in [0.2, 0.25) is 5.95 Å². The number of hydrogen-bond donors (Lipinski definition) is 2. The summed E-state index contributed by atoms with van der Waals surface area (Å²) < 4.78 is 31.1. The second-order valence-corrected chi connectivity index (χ2v) is 6.17. The predicted molar refractivity (Wildman–Crippen MR) is 81.6 cm³/mol. The van der Waals surface area contributed by atoms with Crippen LogP contribution in [0.1, 0.15) is 11.4 Å². The number of anilines is 1. The lowest BCUT2D eigenvalue weighted by Crippen LogP contribution is -2.35. The van der Waals surface area contributed by atoms with Crippen LogP contribution in [0.4, 0.5) is 10.7 Å². The molecule has 1 aromatic carbocycles. The summed E-state index contributed by atoms with van der Waals surface area (Å²) >= 11 is 0. The van der Waals surface area contributed by atoms with Gasteiger partial charge in [-0.05, 0) is 25.5 Å². The molecule has 0 spiro atoms. The van der Waals surface area contributed by atoms with E-state index >= 15 is 0 Å². The summed E-state index contributed by atoms with van der Waals surface area (Å²) in [6.07, 6.45) is 0. The minimum atomic E-state index is -4.00. The number of rotatable bonds is 4. The summed E-state index contributed by atoms with van der Waals surface area (Å²) in [4.78, 5) is 23.4. The van der Waals surface area contributed by atoms with Crippen LogP contribution in [0.25, 0.3) is 0 Å². The number of aryl methyl sites for hydroxylation is 2. The number of carbonyl (C=O) groups excluding carboxylic acids is 1. The van der Waals surface area contributed by atoms with E-state index in [1.54, 1.807) is 32.0 Å². The van der Waals surface area contributed by atoms with Crippen molar-refractivity contribution in [2.45, 2.75) is 18.7 Å². The quantitative estimate of drug-likeness (QED) is 0.853. The highest BCUT2D eigenvalue weighted by Crippen LogP contribution is 2.14. The van der Waals surface area contributed by atoms with Gasteiger partial charge in [0.25, 0.3) is 10.0 Å². The number of amides is 2. The van der Waals surface area contributed by atoms with Crippen LogP contribution >= 0.6 is 0 Å². The maximum Gasteiger partial charge on any atom is 0.335 e. The van der Waals surface area contributed by atoms with Crippen molar-refractivity contribution in [3.8, 4) is 6.01 Å². The van der Waals surface area contributed by atoms with Gasteiger partial charge in [-0.25, -0.2) is 17.9 Å². The zero-order chi connectivity index (χ0) is 17.0. The second-order valence-electron chi connectivity index (χ2n) is 4.52. The van der Waals surface area contributed by atoms with Gasteiger partial charge in [0, 0.05) is 0 Å². The highest BCUT2D eigenvalue weighted by Gasteiger charge is 2.20. The lowest BCUT2D eigenvalue weighted by Gasteiger charge is -2.10. The van der Waals surface area contributed by atoms with Crippen molar-refractivity contribution >= 4 is 22.0 Å². The summed E-state index contributed by atoms with van der Waals surface area (Å²) in [6, 6.07) is 5.33. The summed E-state index contributed by atoms with van der Waals surface area (Å²) in [6.45, 7) is 3.21. The molecule has 0 unspecified atom stereocenters. The van der Waals surface area contributed by atoms with E-state index in [1.807, 2.05) is 4.72 Å². The molecule has 0 atom stereocenters. The molecule has 2 N–H and O–H groups in total. The predicted octanol–water partition coefficient (Wildman–Crippen LogP) is 1.01. The first kappa shape index (κ1) is 16.6. The molecule has 0 fully saturated rings. The number of urea groups is 1. The maximum atomic E-state index is 12.2. The Morgan fingerprint density at radius 1 is 1.13 bits per heavy atom. The Morgan fingerprint density at radius 3 is 2.48 bits per heavy atom. The molecule has 1 heterocycles. The van der Waals surface area contributed by atoms with E-state index < -0.39 is 16.1 Å². The number of methoxy groups -OCH3 is 1. The zero-order valence-corrected chi connectivity index (χ0v) is 13.5. The van der Waals surface area contributed by atoms with Gasteiger partial charge in [-0.2, -0.15) is 15.0 Å². The molecule has 0 aliphatic carbocycles. The Bertz CT molecular complexity index is 838. The van der Waals surface area contributed by atoms with Crippen LogP contribution in [0, 0.1) is 13.8 Å². The van der Waals surface area contributed by atoms with Crippen molar-refractivity contribution in [1.82, 2.24) is 19.7 Å². The van der Waals surface area contributed by atoms with E-state index in [9.17, 15) is 13.2 Å². The first-order valence-corrected chi connectivity index (χ1v) is 7.96. The Morgan fingerprint density at radius 2 is 1.83 bits per heavy atom. The molecule has 0 aliphatic rings. The van der Waals surface area contributed by atoms with Crippen molar-refractivity contribution in [3.05, 3.63) is 35.7 Å². The van der Waals surface area contributed by atoms with Crippen LogP contribution in [0.5, 0.6) is 6.01 Å². The first-order valence-electron chi connectivity index (χ1n) is 6.48. The van der Waals surface area contributed by atoms with Gasteiger partial charge in [0.15, 0.2) is 0 Å². The zero-order valence-electron chi connectivity index (χ0n) is 12.7. The largest absolute Gasteiger partial charge is 0.467 e. The van der Waals surface area contributed by atoms with Gasteiger partial charge < -0.3 is 4.74 Å². The number of aromatic nitrogens is 3. The van der Waals surface area contributed by atoms with Crippen LogP contribution in [0.3, 0.4) is 0 Å². The van der Waals surface area contributed by atoms with Crippen LogP contribution in [0.15, 0.2) is 29.2 Å². The van der Waals surface area contributed by atoms with Crippen molar-refractivity contribution in [1.29, 1.82) is 0 Å². The summed E-state index contributed by atoms with van der Waals surface area (Å²) in [5.74, 6) is 0.195. The average Bonchev–Trinajstić information content (AvgIpc) is 2.46. The Labute approximate surface area is 133 Å². The topological polar surface area (TPSA) is 123 Å². The third-order valence-corrected chi connectivity index (χ3v) is 4.24. The standard InChI is InChI=1S/C13H15N5O4S/c1-8-6-4-5-7-10(8)23(20,21)18-12(19)16-11-14-9(2)15-13(17-11)22-3/h4-7H,1-3H3,(H2,14,15,16,17,18,19). The molecule has 9 nitrogen and oxygen atoms in total. The van der Waals surface area contributed by atoms with Crippen molar-refractivity contribution in [2.24, 2.45) is 0 Å². The molecule has 23 heavy (non-hydrogen) atoms. The van der Waals surface area contributed by atoms with E-state index in [2.05, 4.69) is 20.3 Å². The molecule has 2 amide bonds. The third-order valence-electron chi connectivity index (χ3n) is 2.74. The summed E-state index contributed by atoms with van der Waals surface area (Å²) in [5, 5.41) is 2.23. The molecule has 0 bridgehead atoms. The lowest BCUT2D eigenvalue weighted by atomic mass is 10.2. The number of hydrogen-bond acceptors (Lipinski definition) is 7. The average molecular weight is 337 g/mol. The van der Waals surface area contributed by atoms with Crippen LogP contribution < -0.4 is 14.8 Å². The van der Waals surface area contributed by atoms with Crippen molar-refractivity contribution in [3.63, 3.8) is 0 Å². The van der Waals surface area contributed by atoms with Gasteiger partial charge in [-0.3, -0.25) is 5.32 Å². The molecule has 122 valence electrons. The van der Waals surface area contributed by atoms with Crippen LogP contribution in [-0.4, -0.2) is 36.5 Å². The fourth-order valence-corrected chi connectivity index (χ4v) is 2.92. The van der Waals surface area contributed by atoms with E-state index in [4.69, 9.17) is 4.74 Å². The molecule has 0 radical (unpaired) electrons. The second kappa shape index (κ2) is 6.57. The number of ether oxygens (including phenoxy) is 1. The molecule has 10 heteroatoms. The van der Waals surface area contributed by atoms with Crippen molar-refractivity contribution < 1.29 is 17.9 Å². The normalized spacial score (nSPS) is 10.9. The van der Waals surface area contributed by atoms with Crippen molar-refractivity contribution in [2.75, 3.05) is 12.4 Å². The molecule has 1 aromatic heterocycles. The Kier molecular flexibility index (Phi) is 4.74. The number of sulfonamides is 1. The smallest absolute Gasteiger partial charge is 0.335 e. The number of carbonyl (C=O) groups is 1. The molecule has 2 aromatic rings. The van der Waals surface area contributed by atoms with E-state index in [0.717, 1.165) is 0 Å². The minimum absolute atomic E-state index is 0.00885. The third kappa shape index (κ3) is 4.13. The number of nitrogens with one attached hydrogen (secondary N) is 2. The Hall–Kier alpha value is -2.75. The molecule has 0 saturated heterocycles. The van der Waals surface area contributed by atoms with Crippen LogP contribution in [0.2, 0.25) is 0 Å². The van der Waals surface area contributed by atoms with E-state index in [0.29, 0.717) is 11.4 Å². The Balaban J connectivity index is 2.16. The molecule has 2 rings (SSSR count). The van der Waals surface area contributed by atoms with Gasteiger partial charge in [0.05, 0.1) is 12.0 Å². The number of nitrogens with zero attached hydrogens (tertiary/aromatic N) is 3. The fraction of sp³-hybridized carbons (Fsp3) is 0.231. The lowest BCUT2D eigenvalue weighted by molar-refractivity contribution is 0.256. The van der Waals surface area contributed by atoms with E-state index in [1.165, 1.54) is 13.2 Å². The first-order chi connectivity index (χ1) is 10.8. The van der Waals surface area contributed by atoms with E-state index in [-0.39, 0.29) is 16.9 Å². The van der Waals surface area contributed by atoms with Gasteiger partial charge in [-0.1, -0.05) is 18.2 Å². The molecular weight excluding hydrogens is 322 g/mol.